The van der Waals surface area contributed by atoms with Crippen LogP contribution in [-0.2, 0) is 6.54 Å². The van der Waals surface area contributed by atoms with Crippen molar-refractivity contribution in [2.45, 2.75) is 13.5 Å². The first-order valence-electron chi connectivity index (χ1n) is 4.64. The van der Waals surface area contributed by atoms with Gasteiger partial charge in [0.2, 0.25) is 0 Å². The molecular weight excluding hydrogens is 292 g/mol. The Bertz CT molecular complexity index is 576. The number of carbonyl (C=O) groups excluding carboxylic acids is 1. The summed E-state index contributed by atoms with van der Waals surface area (Å²) in [7, 11) is 0. The number of amides is 1. The number of aromatic nitrogens is 3. The summed E-state index contributed by atoms with van der Waals surface area (Å²) in [4.78, 5) is 17.8. The number of nitrogens with zero attached hydrogens (tertiary/aromatic N) is 4. The van der Waals surface area contributed by atoms with Crippen molar-refractivity contribution < 1.29 is 4.79 Å². The number of thiazole rings is 1. The first-order chi connectivity index (χ1) is 7.65. The second-order valence-corrected chi connectivity index (χ2v) is 5.48. The molecule has 1 aliphatic rings. The zero-order valence-electron chi connectivity index (χ0n) is 8.35. The molecule has 0 saturated heterocycles. The monoisotopic (exact) mass is 298 g/mol. The molecule has 7 heteroatoms. The Labute approximate surface area is 104 Å². The molecule has 2 aromatic rings. The highest BCUT2D eigenvalue weighted by Gasteiger charge is 2.30. The van der Waals surface area contributed by atoms with E-state index < -0.39 is 0 Å². The largest absolute Gasteiger partial charge is 0.350 e. The fraction of sp³-hybridized carbons (Fsp3) is 0.222. The lowest BCUT2D eigenvalue weighted by Gasteiger charge is -2.10. The van der Waals surface area contributed by atoms with Gasteiger partial charge >= 0.3 is 6.03 Å². The number of aryl methyl sites for hydroxylation is 1. The summed E-state index contributed by atoms with van der Waals surface area (Å²) in [5.74, 6) is 0. The number of rotatable bonds is 1. The van der Waals surface area contributed by atoms with E-state index in [1.807, 2.05) is 13.0 Å². The van der Waals surface area contributed by atoms with E-state index in [9.17, 15) is 4.79 Å². The molecule has 16 heavy (non-hydrogen) atoms. The van der Waals surface area contributed by atoms with Crippen molar-refractivity contribution in [2.24, 2.45) is 0 Å². The van der Waals surface area contributed by atoms with Crippen LogP contribution in [0, 0.1) is 6.92 Å². The van der Waals surface area contributed by atoms with Gasteiger partial charge in [-0.3, -0.25) is 4.90 Å². The summed E-state index contributed by atoms with van der Waals surface area (Å²) in [6.45, 7) is 2.48. The van der Waals surface area contributed by atoms with Gasteiger partial charge in [-0.2, -0.15) is 9.78 Å². The smallest absolute Gasteiger partial charge is 0.276 e. The lowest BCUT2D eigenvalue weighted by atomic mass is 10.4. The van der Waals surface area contributed by atoms with Gasteiger partial charge in [-0.25, -0.2) is 9.78 Å². The molecule has 0 saturated carbocycles. The van der Waals surface area contributed by atoms with Gasteiger partial charge in [0.1, 0.15) is 9.60 Å². The van der Waals surface area contributed by atoms with Gasteiger partial charge in [0.15, 0.2) is 0 Å². The summed E-state index contributed by atoms with van der Waals surface area (Å²) < 4.78 is 2.11. The number of carbonyl (C=O) groups is 1. The van der Waals surface area contributed by atoms with Crippen molar-refractivity contribution >= 4 is 38.3 Å². The Balaban J connectivity index is 1.98. The molecule has 2 aromatic heterocycles. The third kappa shape index (κ3) is 1.39. The first kappa shape index (κ1) is 9.98. The van der Waals surface area contributed by atoms with Gasteiger partial charge < -0.3 is 0 Å². The third-order valence-corrected chi connectivity index (χ3v) is 3.68. The van der Waals surface area contributed by atoms with Crippen LogP contribution in [-0.4, -0.2) is 20.8 Å². The predicted molar refractivity (Wildman–Crippen MR) is 63.8 cm³/mol. The van der Waals surface area contributed by atoms with Gasteiger partial charge in [-0.1, -0.05) is 0 Å². The Morgan fingerprint density at radius 1 is 1.56 bits per heavy atom. The summed E-state index contributed by atoms with van der Waals surface area (Å²) in [6, 6.07) is 1.73. The van der Waals surface area contributed by atoms with Crippen molar-refractivity contribution in [3.63, 3.8) is 0 Å². The van der Waals surface area contributed by atoms with Gasteiger partial charge in [0.25, 0.3) is 0 Å². The highest BCUT2D eigenvalue weighted by molar-refractivity contribution is 9.10. The minimum absolute atomic E-state index is 0.121. The molecule has 5 nitrogen and oxygen atoms in total. The quantitative estimate of drug-likeness (QED) is 0.812. The highest BCUT2D eigenvalue weighted by Crippen LogP contribution is 2.29. The van der Waals surface area contributed by atoms with Crippen LogP contribution in [0.1, 0.15) is 10.7 Å². The molecule has 0 aliphatic carbocycles. The van der Waals surface area contributed by atoms with Crippen LogP contribution in [0.2, 0.25) is 0 Å². The Hall–Kier alpha value is -1.21. The molecule has 0 unspecified atom stereocenters. The normalized spacial score (nSPS) is 14.6. The number of fused-ring (bicyclic) bond motifs is 1. The Morgan fingerprint density at radius 3 is 3.00 bits per heavy atom. The maximum Gasteiger partial charge on any atom is 0.350 e. The standard InChI is InChI=1S/C9H7BrN4OS/c1-5-11-3-8(16-5)13-4-6-2-7(10)12-14(6)9(13)15/h2-3H,4H2,1H3. The van der Waals surface area contributed by atoms with E-state index in [0.29, 0.717) is 11.1 Å². The molecular formula is C9H7BrN4OS. The van der Waals surface area contributed by atoms with Crippen molar-refractivity contribution in [1.29, 1.82) is 0 Å². The summed E-state index contributed by atoms with van der Waals surface area (Å²) >= 11 is 4.76. The first-order valence-corrected chi connectivity index (χ1v) is 6.25. The molecule has 0 N–H and O–H groups in total. The van der Waals surface area contributed by atoms with Gasteiger partial charge in [-0.15, -0.1) is 11.3 Å². The van der Waals surface area contributed by atoms with Crippen LogP contribution < -0.4 is 4.90 Å². The van der Waals surface area contributed by atoms with E-state index in [1.54, 1.807) is 11.1 Å². The van der Waals surface area contributed by atoms with E-state index in [2.05, 4.69) is 26.0 Å². The molecule has 1 amide bonds. The van der Waals surface area contributed by atoms with E-state index in [0.717, 1.165) is 15.7 Å². The van der Waals surface area contributed by atoms with Crippen LogP contribution in [0.15, 0.2) is 16.9 Å². The average molecular weight is 299 g/mol. The fourth-order valence-corrected chi connectivity index (χ4v) is 2.85. The predicted octanol–water partition coefficient (Wildman–Crippen LogP) is 2.40. The fourth-order valence-electron chi connectivity index (χ4n) is 1.66. The summed E-state index contributed by atoms with van der Waals surface area (Å²) in [6.07, 6.45) is 1.72. The van der Waals surface area contributed by atoms with E-state index in [-0.39, 0.29) is 6.03 Å². The molecule has 3 heterocycles. The molecule has 0 radical (unpaired) electrons. The average Bonchev–Trinajstić information content (AvgIpc) is 2.85. The third-order valence-electron chi connectivity index (χ3n) is 2.36. The van der Waals surface area contributed by atoms with Gasteiger partial charge in [0, 0.05) is 0 Å². The van der Waals surface area contributed by atoms with E-state index in [1.165, 1.54) is 16.0 Å². The molecule has 0 atom stereocenters. The molecule has 1 aliphatic heterocycles. The maximum absolute atomic E-state index is 12.0. The van der Waals surface area contributed by atoms with Gasteiger partial charge in [0.05, 0.1) is 23.4 Å². The zero-order valence-corrected chi connectivity index (χ0v) is 10.7. The maximum atomic E-state index is 12.0. The van der Waals surface area contributed by atoms with Crippen LogP contribution in [0.3, 0.4) is 0 Å². The SMILES string of the molecule is Cc1ncc(N2Cc3cc(Br)nn3C2=O)s1. The van der Waals surface area contributed by atoms with Gasteiger partial charge in [-0.05, 0) is 28.9 Å². The van der Waals surface area contributed by atoms with Crippen molar-refractivity contribution in [3.05, 3.63) is 27.6 Å². The van der Waals surface area contributed by atoms with Crippen LogP contribution >= 0.6 is 27.3 Å². The summed E-state index contributed by atoms with van der Waals surface area (Å²) in [5.41, 5.74) is 0.892. The van der Waals surface area contributed by atoms with E-state index >= 15 is 0 Å². The molecule has 0 fully saturated rings. The van der Waals surface area contributed by atoms with Crippen LogP contribution in [0.25, 0.3) is 0 Å². The zero-order chi connectivity index (χ0) is 11.3. The van der Waals surface area contributed by atoms with Crippen LogP contribution in [0.5, 0.6) is 0 Å². The number of halogens is 1. The lowest BCUT2D eigenvalue weighted by molar-refractivity contribution is 0.248. The molecule has 3 rings (SSSR count). The highest BCUT2D eigenvalue weighted by atomic mass is 79.9. The molecule has 0 aromatic carbocycles. The Morgan fingerprint density at radius 2 is 2.38 bits per heavy atom. The number of hydrogen-bond donors (Lipinski definition) is 0. The number of hydrogen-bond acceptors (Lipinski definition) is 4. The topological polar surface area (TPSA) is 51.0 Å². The van der Waals surface area contributed by atoms with E-state index in [4.69, 9.17) is 0 Å². The molecule has 82 valence electrons. The molecule has 0 spiro atoms. The van der Waals surface area contributed by atoms with Crippen LogP contribution in [0.4, 0.5) is 9.80 Å². The summed E-state index contributed by atoms with van der Waals surface area (Å²) in [5, 5.41) is 5.90. The minimum Gasteiger partial charge on any atom is -0.276 e. The van der Waals surface area contributed by atoms with Crippen molar-refractivity contribution in [2.75, 3.05) is 4.90 Å². The second kappa shape index (κ2) is 3.39. The molecule has 0 bridgehead atoms. The Kier molecular flexibility index (Phi) is 2.11. The number of anilines is 1. The second-order valence-electron chi connectivity index (χ2n) is 3.46. The minimum atomic E-state index is -0.121. The van der Waals surface area contributed by atoms with Crippen molar-refractivity contribution in [3.8, 4) is 0 Å². The van der Waals surface area contributed by atoms with Crippen molar-refractivity contribution in [1.82, 2.24) is 14.8 Å². The lowest BCUT2D eigenvalue weighted by Crippen LogP contribution is -2.25.